The van der Waals surface area contributed by atoms with Gasteiger partial charge in [-0.3, -0.25) is 4.79 Å². The lowest BCUT2D eigenvalue weighted by Gasteiger charge is -2.08. The van der Waals surface area contributed by atoms with E-state index >= 15 is 0 Å². The number of nitrogen functional groups attached to an aromatic ring is 1. The first-order chi connectivity index (χ1) is 12.5. The zero-order valence-electron chi connectivity index (χ0n) is 14.6. The van der Waals surface area contributed by atoms with E-state index in [2.05, 4.69) is 11.4 Å². The summed E-state index contributed by atoms with van der Waals surface area (Å²) in [6.45, 7) is 1.82. The molecule has 1 aliphatic carbocycles. The SMILES string of the molecule is Cc1ccc(F)cc1NC(=O)c1sc2nc3c(cc2c1N)CCCCC3. The summed E-state index contributed by atoms with van der Waals surface area (Å²) < 4.78 is 13.5. The predicted octanol–water partition coefficient (Wildman–Crippen LogP) is 4.85. The molecule has 26 heavy (non-hydrogen) atoms. The molecule has 0 spiro atoms. The number of rotatable bonds is 2. The minimum atomic E-state index is -0.388. The summed E-state index contributed by atoms with van der Waals surface area (Å²) in [7, 11) is 0. The summed E-state index contributed by atoms with van der Waals surface area (Å²) in [5.74, 6) is -0.713. The Labute approximate surface area is 155 Å². The second-order valence-electron chi connectivity index (χ2n) is 6.77. The standard InChI is InChI=1S/C20H20FN3OS/c1-11-7-8-13(21)10-16(11)23-19(25)18-17(22)14-9-12-5-3-2-4-6-15(12)24-20(14)26-18/h7-10H,2-6,22H2,1H3,(H,23,25). The second kappa shape index (κ2) is 6.68. The van der Waals surface area contributed by atoms with Gasteiger partial charge in [0, 0.05) is 16.8 Å². The van der Waals surface area contributed by atoms with E-state index in [9.17, 15) is 9.18 Å². The first kappa shape index (κ1) is 17.0. The summed E-state index contributed by atoms with van der Waals surface area (Å²) in [4.78, 5) is 18.7. The largest absolute Gasteiger partial charge is 0.397 e. The van der Waals surface area contributed by atoms with Gasteiger partial charge in [-0.2, -0.15) is 0 Å². The molecule has 0 saturated heterocycles. The minimum Gasteiger partial charge on any atom is -0.397 e. The number of halogens is 1. The van der Waals surface area contributed by atoms with Gasteiger partial charge in [0.2, 0.25) is 0 Å². The van der Waals surface area contributed by atoms with Crippen LogP contribution >= 0.6 is 11.3 Å². The van der Waals surface area contributed by atoms with Gasteiger partial charge >= 0.3 is 0 Å². The fraction of sp³-hybridized carbons (Fsp3) is 0.300. The van der Waals surface area contributed by atoms with Gasteiger partial charge in [-0.15, -0.1) is 11.3 Å². The van der Waals surface area contributed by atoms with Crippen LogP contribution in [0, 0.1) is 12.7 Å². The fourth-order valence-electron chi connectivity index (χ4n) is 3.41. The van der Waals surface area contributed by atoms with Crippen LogP contribution in [0.2, 0.25) is 0 Å². The Morgan fingerprint density at radius 1 is 1.23 bits per heavy atom. The van der Waals surface area contributed by atoms with Gasteiger partial charge in [-0.05, 0) is 61.9 Å². The van der Waals surface area contributed by atoms with Gasteiger partial charge in [0.15, 0.2) is 0 Å². The number of thiophene rings is 1. The number of nitrogens with one attached hydrogen (secondary N) is 1. The first-order valence-corrected chi connectivity index (χ1v) is 9.63. The van der Waals surface area contributed by atoms with E-state index in [1.807, 2.05) is 6.92 Å². The molecule has 0 atom stereocenters. The Bertz CT molecular complexity index is 1010. The molecule has 0 bridgehead atoms. The van der Waals surface area contributed by atoms with Gasteiger partial charge in [0.05, 0.1) is 5.69 Å². The summed E-state index contributed by atoms with van der Waals surface area (Å²) in [6, 6.07) is 6.42. The number of pyridine rings is 1. The number of fused-ring (bicyclic) bond motifs is 2. The Morgan fingerprint density at radius 3 is 2.88 bits per heavy atom. The summed E-state index contributed by atoms with van der Waals surface area (Å²) in [6.07, 6.45) is 5.53. The number of nitrogens with zero attached hydrogens (tertiary/aromatic N) is 1. The number of aromatic nitrogens is 1. The number of nitrogens with two attached hydrogens (primary N) is 1. The van der Waals surface area contributed by atoms with Crippen molar-refractivity contribution in [1.29, 1.82) is 0 Å². The number of amides is 1. The van der Waals surface area contributed by atoms with Crippen molar-refractivity contribution in [2.24, 2.45) is 0 Å². The highest BCUT2D eigenvalue weighted by Gasteiger charge is 2.20. The summed E-state index contributed by atoms with van der Waals surface area (Å²) >= 11 is 1.30. The molecule has 2 heterocycles. The molecular formula is C20H20FN3OS. The number of carbonyl (C=O) groups is 1. The number of hydrogen-bond donors (Lipinski definition) is 2. The molecule has 4 rings (SSSR count). The maximum atomic E-state index is 13.5. The van der Waals surface area contributed by atoms with Crippen LogP contribution in [0.25, 0.3) is 10.2 Å². The van der Waals surface area contributed by atoms with Crippen molar-refractivity contribution >= 4 is 38.8 Å². The average Bonchev–Trinajstić information content (AvgIpc) is 2.79. The molecule has 2 aromatic heterocycles. The highest BCUT2D eigenvalue weighted by atomic mass is 32.1. The van der Waals surface area contributed by atoms with Crippen LogP contribution in [0.4, 0.5) is 15.8 Å². The van der Waals surface area contributed by atoms with Crippen molar-refractivity contribution in [3.05, 3.63) is 51.8 Å². The maximum Gasteiger partial charge on any atom is 0.267 e. The molecule has 1 aromatic carbocycles. The summed E-state index contributed by atoms with van der Waals surface area (Å²) in [5.41, 5.74) is 10.3. The Hall–Kier alpha value is -2.47. The van der Waals surface area contributed by atoms with E-state index in [1.54, 1.807) is 6.07 Å². The van der Waals surface area contributed by atoms with Gasteiger partial charge in [-0.1, -0.05) is 12.5 Å². The summed E-state index contributed by atoms with van der Waals surface area (Å²) in [5, 5.41) is 3.62. The Balaban J connectivity index is 1.71. The van der Waals surface area contributed by atoms with Crippen LogP contribution in [0.1, 0.15) is 45.8 Å². The Morgan fingerprint density at radius 2 is 2.04 bits per heavy atom. The van der Waals surface area contributed by atoms with Crippen molar-refractivity contribution in [3.63, 3.8) is 0 Å². The predicted molar refractivity (Wildman–Crippen MR) is 104 cm³/mol. The molecule has 134 valence electrons. The smallest absolute Gasteiger partial charge is 0.267 e. The lowest BCUT2D eigenvalue weighted by Crippen LogP contribution is -2.13. The van der Waals surface area contributed by atoms with E-state index in [0.717, 1.165) is 47.2 Å². The van der Waals surface area contributed by atoms with E-state index < -0.39 is 0 Å². The van der Waals surface area contributed by atoms with Crippen LogP contribution in [0.5, 0.6) is 0 Å². The lowest BCUT2D eigenvalue weighted by molar-refractivity contribution is 0.103. The van der Waals surface area contributed by atoms with E-state index in [1.165, 1.54) is 35.5 Å². The molecule has 3 aromatic rings. The highest BCUT2D eigenvalue weighted by molar-refractivity contribution is 7.21. The molecule has 0 fully saturated rings. The van der Waals surface area contributed by atoms with Crippen LogP contribution in [-0.4, -0.2) is 10.9 Å². The third kappa shape index (κ3) is 3.05. The molecule has 0 radical (unpaired) electrons. The number of benzene rings is 1. The number of anilines is 2. The average molecular weight is 369 g/mol. The molecule has 3 N–H and O–H groups in total. The molecule has 0 aliphatic heterocycles. The monoisotopic (exact) mass is 369 g/mol. The van der Waals surface area contributed by atoms with E-state index in [0.29, 0.717) is 16.3 Å². The zero-order valence-corrected chi connectivity index (χ0v) is 15.4. The topological polar surface area (TPSA) is 68.0 Å². The van der Waals surface area contributed by atoms with Gasteiger partial charge in [0.25, 0.3) is 5.91 Å². The first-order valence-electron chi connectivity index (χ1n) is 8.81. The Kier molecular flexibility index (Phi) is 4.36. The number of hydrogen-bond acceptors (Lipinski definition) is 4. The van der Waals surface area contributed by atoms with Crippen LogP contribution in [-0.2, 0) is 12.8 Å². The van der Waals surface area contributed by atoms with Gasteiger partial charge < -0.3 is 11.1 Å². The number of aryl methyl sites for hydroxylation is 3. The third-order valence-electron chi connectivity index (χ3n) is 4.90. The minimum absolute atomic E-state index is 0.325. The second-order valence-corrected chi connectivity index (χ2v) is 7.76. The normalized spacial score (nSPS) is 14.1. The molecular weight excluding hydrogens is 349 g/mol. The zero-order chi connectivity index (χ0) is 18.3. The van der Waals surface area contributed by atoms with Crippen molar-refractivity contribution in [2.75, 3.05) is 11.1 Å². The molecule has 1 amide bonds. The van der Waals surface area contributed by atoms with Crippen LogP contribution in [0.3, 0.4) is 0 Å². The van der Waals surface area contributed by atoms with E-state index in [-0.39, 0.29) is 11.7 Å². The molecule has 0 saturated carbocycles. The van der Waals surface area contributed by atoms with Crippen LogP contribution in [0.15, 0.2) is 24.3 Å². The molecule has 4 nitrogen and oxygen atoms in total. The number of carbonyl (C=O) groups excluding carboxylic acids is 1. The van der Waals surface area contributed by atoms with Crippen molar-refractivity contribution in [3.8, 4) is 0 Å². The lowest BCUT2D eigenvalue weighted by atomic mass is 10.1. The van der Waals surface area contributed by atoms with Crippen LogP contribution < -0.4 is 11.1 Å². The van der Waals surface area contributed by atoms with Crippen molar-refractivity contribution < 1.29 is 9.18 Å². The van der Waals surface area contributed by atoms with E-state index in [4.69, 9.17) is 10.7 Å². The third-order valence-corrected chi connectivity index (χ3v) is 6.02. The molecule has 6 heteroatoms. The maximum absolute atomic E-state index is 13.5. The highest BCUT2D eigenvalue weighted by Crippen LogP contribution is 2.35. The van der Waals surface area contributed by atoms with Crippen molar-refractivity contribution in [1.82, 2.24) is 4.98 Å². The van der Waals surface area contributed by atoms with Gasteiger partial charge in [0.1, 0.15) is 15.5 Å². The van der Waals surface area contributed by atoms with Crippen molar-refractivity contribution in [2.45, 2.75) is 39.0 Å². The fourth-order valence-corrected chi connectivity index (χ4v) is 4.40. The molecule has 1 aliphatic rings. The quantitative estimate of drug-likeness (QED) is 0.635. The van der Waals surface area contributed by atoms with Gasteiger partial charge in [-0.25, -0.2) is 9.37 Å². The molecule has 0 unspecified atom stereocenters.